The van der Waals surface area contributed by atoms with E-state index in [-0.39, 0.29) is 12.2 Å². The minimum atomic E-state index is -0.428. The lowest BCUT2D eigenvalue weighted by Gasteiger charge is -2.35. The van der Waals surface area contributed by atoms with Crippen molar-refractivity contribution in [2.45, 2.75) is 45.8 Å². The minimum absolute atomic E-state index is 0.0730. The Morgan fingerprint density at radius 2 is 1.84 bits per heavy atom. The Bertz CT molecular complexity index is 283. The van der Waals surface area contributed by atoms with Gasteiger partial charge in [-0.1, -0.05) is 0 Å². The van der Waals surface area contributed by atoms with Crippen LogP contribution in [0.3, 0.4) is 0 Å². The van der Waals surface area contributed by atoms with Gasteiger partial charge in [0.2, 0.25) is 0 Å². The highest BCUT2D eigenvalue weighted by molar-refractivity contribution is 5.68. The summed E-state index contributed by atoms with van der Waals surface area (Å²) in [6.45, 7) is 11.7. The van der Waals surface area contributed by atoms with Crippen molar-refractivity contribution in [3.05, 3.63) is 0 Å². The van der Waals surface area contributed by atoms with Crippen LogP contribution in [0.1, 0.15) is 34.1 Å². The van der Waals surface area contributed by atoms with E-state index >= 15 is 0 Å². The molecular formula is C13H27N3O3. The molecule has 6 nitrogen and oxygen atoms in total. The number of carbonyl (C=O) groups is 1. The quantitative estimate of drug-likeness (QED) is 0.780. The zero-order valence-corrected chi connectivity index (χ0v) is 12.5. The van der Waals surface area contributed by atoms with Gasteiger partial charge in [0.25, 0.3) is 0 Å². The van der Waals surface area contributed by atoms with Crippen molar-refractivity contribution < 1.29 is 14.4 Å². The first kappa shape index (κ1) is 16.2. The highest BCUT2D eigenvalue weighted by Crippen LogP contribution is 2.12. The largest absolute Gasteiger partial charge is 0.444 e. The van der Waals surface area contributed by atoms with E-state index in [2.05, 4.69) is 4.90 Å². The van der Waals surface area contributed by atoms with E-state index in [1.54, 1.807) is 4.90 Å². The standard InChI is InChI=1S/C13H27N3O3/c1-11(19-14)5-6-15-7-9-16(10-8-15)12(17)18-13(2,3)4/h11H,5-10,14H2,1-4H3. The first-order valence-corrected chi connectivity index (χ1v) is 6.87. The SMILES string of the molecule is CC(CCN1CCN(C(=O)OC(C)(C)C)CC1)ON. The molecule has 1 amide bonds. The van der Waals surface area contributed by atoms with Gasteiger partial charge in [0.05, 0.1) is 6.10 Å². The summed E-state index contributed by atoms with van der Waals surface area (Å²) in [7, 11) is 0. The predicted molar refractivity (Wildman–Crippen MR) is 73.6 cm³/mol. The number of amides is 1. The third-order valence-corrected chi connectivity index (χ3v) is 3.11. The number of ether oxygens (including phenoxy) is 1. The van der Waals surface area contributed by atoms with Crippen molar-refractivity contribution in [1.29, 1.82) is 0 Å². The Morgan fingerprint density at radius 3 is 2.32 bits per heavy atom. The van der Waals surface area contributed by atoms with Crippen molar-refractivity contribution in [3.8, 4) is 0 Å². The summed E-state index contributed by atoms with van der Waals surface area (Å²) in [5.41, 5.74) is -0.428. The van der Waals surface area contributed by atoms with Crippen LogP contribution in [0.2, 0.25) is 0 Å². The zero-order valence-electron chi connectivity index (χ0n) is 12.5. The van der Waals surface area contributed by atoms with Crippen LogP contribution in [-0.4, -0.2) is 60.3 Å². The Balaban J connectivity index is 2.27. The lowest BCUT2D eigenvalue weighted by Crippen LogP contribution is -2.50. The van der Waals surface area contributed by atoms with Crippen LogP contribution >= 0.6 is 0 Å². The third kappa shape index (κ3) is 6.22. The Kier molecular flexibility index (Phi) is 6.03. The fraction of sp³-hybridized carbons (Fsp3) is 0.923. The molecule has 1 rings (SSSR count). The molecule has 112 valence electrons. The maximum Gasteiger partial charge on any atom is 0.410 e. The molecule has 1 aliphatic heterocycles. The van der Waals surface area contributed by atoms with Gasteiger partial charge < -0.3 is 14.5 Å². The summed E-state index contributed by atoms with van der Waals surface area (Å²) in [5, 5.41) is 0. The molecule has 6 heteroatoms. The molecule has 19 heavy (non-hydrogen) atoms. The number of rotatable bonds is 4. The van der Waals surface area contributed by atoms with Crippen molar-refractivity contribution in [2.24, 2.45) is 5.90 Å². The van der Waals surface area contributed by atoms with Crippen LogP contribution in [0.25, 0.3) is 0 Å². The second-order valence-electron chi connectivity index (χ2n) is 6.04. The van der Waals surface area contributed by atoms with E-state index in [4.69, 9.17) is 15.5 Å². The molecule has 0 bridgehead atoms. The van der Waals surface area contributed by atoms with E-state index < -0.39 is 5.60 Å². The van der Waals surface area contributed by atoms with Crippen LogP contribution < -0.4 is 5.90 Å². The van der Waals surface area contributed by atoms with Gasteiger partial charge in [-0.3, -0.25) is 4.90 Å². The van der Waals surface area contributed by atoms with Gasteiger partial charge in [-0.15, -0.1) is 0 Å². The monoisotopic (exact) mass is 273 g/mol. The summed E-state index contributed by atoms with van der Waals surface area (Å²) in [6, 6.07) is 0. The van der Waals surface area contributed by atoms with Gasteiger partial charge in [0.1, 0.15) is 5.60 Å². The number of piperazine rings is 1. The Morgan fingerprint density at radius 1 is 1.26 bits per heavy atom. The number of nitrogens with zero attached hydrogens (tertiary/aromatic N) is 2. The first-order chi connectivity index (χ1) is 8.81. The van der Waals surface area contributed by atoms with Crippen molar-refractivity contribution >= 4 is 6.09 Å². The molecule has 1 atom stereocenters. The van der Waals surface area contributed by atoms with Gasteiger partial charge in [0, 0.05) is 32.7 Å². The molecule has 1 saturated heterocycles. The topological polar surface area (TPSA) is 68.0 Å². The molecular weight excluding hydrogens is 246 g/mol. The van der Waals surface area contributed by atoms with Gasteiger partial charge in [-0.2, -0.15) is 0 Å². The molecule has 0 aromatic carbocycles. The highest BCUT2D eigenvalue weighted by atomic mass is 16.6. The zero-order chi connectivity index (χ0) is 14.5. The maximum atomic E-state index is 11.9. The molecule has 1 heterocycles. The van der Waals surface area contributed by atoms with Gasteiger partial charge in [-0.05, 0) is 34.1 Å². The molecule has 0 radical (unpaired) electrons. The molecule has 0 aromatic rings. The van der Waals surface area contributed by atoms with E-state index in [1.807, 2.05) is 27.7 Å². The Labute approximate surface area is 115 Å². The molecule has 0 saturated carbocycles. The number of hydrogen-bond acceptors (Lipinski definition) is 5. The van der Waals surface area contributed by atoms with Gasteiger partial charge >= 0.3 is 6.09 Å². The smallest absolute Gasteiger partial charge is 0.410 e. The van der Waals surface area contributed by atoms with Crippen LogP contribution in [0.4, 0.5) is 4.79 Å². The van der Waals surface area contributed by atoms with Crippen LogP contribution in [-0.2, 0) is 9.57 Å². The first-order valence-electron chi connectivity index (χ1n) is 6.87. The van der Waals surface area contributed by atoms with Gasteiger partial charge in [0.15, 0.2) is 0 Å². The summed E-state index contributed by atoms with van der Waals surface area (Å²) in [4.78, 5) is 20.7. The molecule has 1 unspecified atom stereocenters. The second kappa shape index (κ2) is 7.07. The fourth-order valence-electron chi connectivity index (χ4n) is 1.91. The third-order valence-electron chi connectivity index (χ3n) is 3.11. The summed E-state index contributed by atoms with van der Waals surface area (Å²) in [6.07, 6.45) is 0.762. The average Bonchev–Trinajstić information content (AvgIpc) is 2.34. The normalized spacial score (nSPS) is 19.3. The maximum absolute atomic E-state index is 11.9. The molecule has 1 fully saturated rings. The van der Waals surface area contributed by atoms with Crippen molar-refractivity contribution in [1.82, 2.24) is 9.80 Å². The summed E-state index contributed by atoms with van der Waals surface area (Å²) >= 11 is 0. The van der Waals surface area contributed by atoms with E-state index in [0.717, 1.165) is 26.1 Å². The number of hydrogen-bond donors (Lipinski definition) is 1. The van der Waals surface area contributed by atoms with Crippen LogP contribution in [0.5, 0.6) is 0 Å². The van der Waals surface area contributed by atoms with E-state index in [1.165, 1.54) is 0 Å². The molecule has 0 aliphatic carbocycles. The number of carbonyl (C=O) groups excluding carboxylic acids is 1. The van der Waals surface area contributed by atoms with Gasteiger partial charge in [-0.25, -0.2) is 10.7 Å². The number of nitrogens with two attached hydrogens (primary N) is 1. The Hall–Kier alpha value is -0.850. The lowest BCUT2D eigenvalue weighted by molar-refractivity contribution is 0.0110. The average molecular weight is 273 g/mol. The predicted octanol–water partition coefficient (Wildman–Crippen LogP) is 1.21. The molecule has 2 N–H and O–H groups in total. The second-order valence-corrected chi connectivity index (χ2v) is 6.04. The van der Waals surface area contributed by atoms with E-state index in [9.17, 15) is 4.79 Å². The fourth-order valence-corrected chi connectivity index (χ4v) is 1.91. The van der Waals surface area contributed by atoms with E-state index in [0.29, 0.717) is 13.1 Å². The lowest BCUT2D eigenvalue weighted by atomic mass is 10.2. The summed E-state index contributed by atoms with van der Waals surface area (Å²) < 4.78 is 5.36. The van der Waals surface area contributed by atoms with Crippen LogP contribution in [0, 0.1) is 0 Å². The highest BCUT2D eigenvalue weighted by Gasteiger charge is 2.25. The molecule has 0 aromatic heterocycles. The van der Waals surface area contributed by atoms with Crippen LogP contribution in [0.15, 0.2) is 0 Å². The molecule has 1 aliphatic rings. The summed E-state index contributed by atoms with van der Waals surface area (Å²) in [5.74, 6) is 5.12. The molecule has 0 spiro atoms. The van der Waals surface area contributed by atoms with Crippen molar-refractivity contribution in [3.63, 3.8) is 0 Å². The minimum Gasteiger partial charge on any atom is -0.444 e. The van der Waals surface area contributed by atoms with Crippen molar-refractivity contribution in [2.75, 3.05) is 32.7 Å².